The second kappa shape index (κ2) is 8.17. The van der Waals surface area contributed by atoms with Crippen LogP contribution in [0.4, 0.5) is 4.79 Å². The Morgan fingerprint density at radius 1 is 1.30 bits per heavy atom. The topological polar surface area (TPSA) is 61.4 Å². The van der Waals surface area contributed by atoms with Crippen LogP contribution in [-0.4, -0.2) is 35.2 Å². The molecule has 110 valence electrons. The summed E-state index contributed by atoms with van der Waals surface area (Å²) in [7, 11) is 0. The third kappa shape index (κ3) is 5.06. The molecule has 0 radical (unpaired) electrons. The predicted octanol–water partition coefficient (Wildman–Crippen LogP) is 1.92. The lowest BCUT2D eigenvalue weighted by Crippen LogP contribution is -2.44. The molecule has 5 heteroatoms. The molecule has 3 N–H and O–H groups in total. The van der Waals surface area contributed by atoms with E-state index in [0.717, 1.165) is 29.7 Å². The fraction of sp³-hybridized carbons (Fsp3) is 0.533. The molecule has 0 bridgehead atoms. The van der Waals surface area contributed by atoms with Gasteiger partial charge >= 0.3 is 6.03 Å². The van der Waals surface area contributed by atoms with Gasteiger partial charge in [0.1, 0.15) is 0 Å². The Hall–Kier alpha value is -1.20. The normalized spacial score (nSPS) is 18.6. The van der Waals surface area contributed by atoms with E-state index in [1.807, 2.05) is 36.0 Å². The Kier molecular flexibility index (Phi) is 6.21. The Balaban J connectivity index is 1.65. The molecule has 1 heterocycles. The van der Waals surface area contributed by atoms with Gasteiger partial charge < -0.3 is 15.7 Å². The second-order valence-corrected chi connectivity index (χ2v) is 6.19. The minimum Gasteiger partial charge on any atom is -0.392 e. The van der Waals surface area contributed by atoms with Crippen LogP contribution < -0.4 is 10.6 Å². The van der Waals surface area contributed by atoms with Gasteiger partial charge in [-0.1, -0.05) is 24.3 Å². The van der Waals surface area contributed by atoms with Crippen molar-refractivity contribution < 1.29 is 9.90 Å². The van der Waals surface area contributed by atoms with Crippen LogP contribution in [-0.2, 0) is 13.0 Å². The third-order valence-electron chi connectivity index (χ3n) is 3.40. The first-order valence-corrected chi connectivity index (χ1v) is 8.24. The van der Waals surface area contributed by atoms with E-state index in [0.29, 0.717) is 12.6 Å². The number of thioether (sulfide) groups is 1. The van der Waals surface area contributed by atoms with Gasteiger partial charge in [-0.3, -0.25) is 0 Å². The molecule has 0 spiro atoms. The zero-order valence-electron chi connectivity index (χ0n) is 11.6. The Bertz CT molecular complexity index is 416. The highest BCUT2D eigenvalue weighted by Crippen LogP contribution is 2.16. The van der Waals surface area contributed by atoms with Crippen LogP contribution in [0.3, 0.4) is 0 Å². The molecular formula is C15H22N2O2S. The summed E-state index contributed by atoms with van der Waals surface area (Å²) in [6.45, 7) is 0.699. The third-order valence-corrected chi connectivity index (χ3v) is 4.62. The molecule has 0 saturated carbocycles. The van der Waals surface area contributed by atoms with Crippen LogP contribution in [0.25, 0.3) is 0 Å². The summed E-state index contributed by atoms with van der Waals surface area (Å²) in [4.78, 5) is 11.7. The number of aliphatic hydroxyl groups excluding tert-OH is 1. The largest absolute Gasteiger partial charge is 0.392 e. The summed E-state index contributed by atoms with van der Waals surface area (Å²) in [5.41, 5.74) is 2.07. The van der Waals surface area contributed by atoms with E-state index in [1.54, 1.807) is 0 Å². The van der Waals surface area contributed by atoms with Crippen LogP contribution in [0.5, 0.6) is 0 Å². The summed E-state index contributed by atoms with van der Waals surface area (Å²) in [6.07, 6.45) is 3.08. The number of hydrogen-bond donors (Lipinski definition) is 3. The first kappa shape index (κ1) is 15.2. The second-order valence-electron chi connectivity index (χ2n) is 5.04. The Labute approximate surface area is 124 Å². The van der Waals surface area contributed by atoms with Crippen molar-refractivity contribution in [2.24, 2.45) is 0 Å². The van der Waals surface area contributed by atoms with Gasteiger partial charge in [-0.15, -0.1) is 0 Å². The highest BCUT2D eigenvalue weighted by molar-refractivity contribution is 7.99. The Morgan fingerprint density at radius 2 is 2.05 bits per heavy atom. The summed E-state index contributed by atoms with van der Waals surface area (Å²) < 4.78 is 0. The summed E-state index contributed by atoms with van der Waals surface area (Å²) in [5.74, 6) is 2.24. The molecule has 1 aliphatic heterocycles. The van der Waals surface area contributed by atoms with Crippen LogP contribution in [0.2, 0.25) is 0 Å². The van der Waals surface area contributed by atoms with Crippen molar-refractivity contribution in [1.82, 2.24) is 10.6 Å². The number of benzene rings is 1. The highest BCUT2D eigenvalue weighted by atomic mass is 32.2. The van der Waals surface area contributed by atoms with Gasteiger partial charge in [-0.05, 0) is 36.1 Å². The SMILES string of the molecule is O=C(NCCc1ccc(CO)cc1)NC1CCCSC1. The molecule has 1 aromatic carbocycles. The van der Waals surface area contributed by atoms with Gasteiger partial charge in [0.15, 0.2) is 0 Å². The summed E-state index contributed by atoms with van der Waals surface area (Å²) >= 11 is 1.91. The molecule has 1 saturated heterocycles. The van der Waals surface area contributed by atoms with Crippen LogP contribution in [0, 0.1) is 0 Å². The van der Waals surface area contributed by atoms with E-state index in [2.05, 4.69) is 10.6 Å². The van der Waals surface area contributed by atoms with E-state index in [-0.39, 0.29) is 12.6 Å². The molecule has 20 heavy (non-hydrogen) atoms. The minimum absolute atomic E-state index is 0.0653. The lowest BCUT2D eigenvalue weighted by atomic mass is 10.1. The number of rotatable bonds is 5. The fourth-order valence-corrected chi connectivity index (χ4v) is 3.29. The van der Waals surface area contributed by atoms with Crippen molar-refractivity contribution in [1.29, 1.82) is 0 Å². The first-order valence-electron chi connectivity index (χ1n) is 7.08. The number of amides is 2. The molecule has 1 aromatic rings. The lowest BCUT2D eigenvalue weighted by molar-refractivity contribution is 0.237. The number of hydrogen-bond acceptors (Lipinski definition) is 3. The van der Waals surface area contributed by atoms with Crippen molar-refractivity contribution >= 4 is 17.8 Å². The van der Waals surface area contributed by atoms with E-state index >= 15 is 0 Å². The maximum atomic E-state index is 11.7. The van der Waals surface area contributed by atoms with Gasteiger partial charge in [-0.2, -0.15) is 11.8 Å². The van der Waals surface area contributed by atoms with E-state index in [1.165, 1.54) is 12.2 Å². The van der Waals surface area contributed by atoms with Crippen LogP contribution >= 0.6 is 11.8 Å². The zero-order chi connectivity index (χ0) is 14.2. The Morgan fingerprint density at radius 3 is 2.70 bits per heavy atom. The summed E-state index contributed by atoms with van der Waals surface area (Å²) in [5, 5.41) is 14.9. The van der Waals surface area contributed by atoms with Crippen LogP contribution in [0.1, 0.15) is 24.0 Å². The monoisotopic (exact) mass is 294 g/mol. The summed E-state index contributed by atoms with van der Waals surface area (Å²) in [6, 6.07) is 8.05. The number of aliphatic hydroxyl groups is 1. The van der Waals surface area contributed by atoms with Crippen molar-refractivity contribution in [3.05, 3.63) is 35.4 Å². The molecule has 0 aromatic heterocycles. The molecule has 4 nitrogen and oxygen atoms in total. The average Bonchev–Trinajstić information content (AvgIpc) is 2.49. The molecule has 1 fully saturated rings. The molecular weight excluding hydrogens is 272 g/mol. The van der Waals surface area contributed by atoms with Gasteiger partial charge in [0, 0.05) is 18.3 Å². The maximum absolute atomic E-state index is 11.7. The molecule has 1 atom stereocenters. The average molecular weight is 294 g/mol. The molecule has 2 amide bonds. The number of urea groups is 1. The van der Waals surface area contributed by atoms with E-state index in [4.69, 9.17) is 5.11 Å². The van der Waals surface area contributed by atoms with Crippen molar-refractivity contribution in [2.45, 2.75) is 31.9 Å². The van der Waals surface area contributed by atoms with E-state index < -0.39 is 0 Å². The lowest BCUT2D eigenvalue weighted by Gasteiger charge is -2.22. The van der Waals surface area contributed by atoms with Crippen molar-refractivity contribution in [2.75, 3.05) is 18.1 Å². The molecule has 1 unspecified atom stereocenters. The highest BCUT2D eigenvalue weighted by Gasteiger charge is 2.15. The van der Waals surface area contributed by atoms with Crippen LogP contribution in [0.15, 0.2) is 24.3 Å². The molecule has 0 aliphatic carbocycles. The molecule has 2 rings (SSSR count). The minimum atomic E-state index is -0.0653. The number of carbonyl (C=O) groups excluding carboxylic acids is 1. The van der Waals surface area contributed by atoms with Gasteiger partial charge in [0.05, 0.1) is 6.61 Å². The maximum Gasteiger partial charge on any atom is 0.315 e. The van der Waals surface area contributed by atoms with Crippen molar-refractivity contribution in [3.8, 4) is 0 Å². The first-order chi connectivity index (χ1) is 9.78. The van der Waals surface area contributed by atoms with Gasteiger partial charge in [0.2, 0.25) is 0 Å². The predicted molar refractivity (Wildman–Crippen MR) is 83.0 cm³/mol. The standard InChI is InChI=1S/C15H22N2O2S/c18-10-13-5-3-12(4-6-13)7-8-16-15(19)17-14-2-1-9-20-11-14/h3-6,14,18H,1-2,7-11H2,(H2,16,17,19). The van der Waals surface area contributed by atoms with Gasteiger partial charge in [-0.25, -0.2) is 4.79 Å². The fourth-order valence-electron chi connectivity index (χ4n) is 2.22. The smallest absolute Gasteiger partial charge is 0.315 e. The van der Waals surface area contributed by atoms with Gasteiger partial charge in [0.25, 0.3) is 0 Å². The zero-order valence-corrected chi connectivity index (χ0v) is 12.4. The quantitative estimate of drug-likeness (QED) is 0.777. The van der Waals surface area contributed by atoms with Crippen molar-refractivity contribution in [3.63, 3.8) is 0 Å². The number of nitrogens with one attached hydrogen (secondary N) is 2. The van der Waals surface area contributed by atoms with E-state index in [9.17, 15) is 4.79 Å². The number of carbonyl (C=O) groups is 1. The molecule has 1 aliphatic rings.